The Kier molecular flexibility index (Phi) is 7.38. The number of carbonyl (C=O) groups excluding carboxylic acids is 1. The third kappa shape index (κ3) is 6.20. The van der Waals surface area contributed by atoms with Crippen molar-refractivity contribution < 1.29 is 13.2 Å². The minimum atomic E-state index is -3.76. The summed E-state index contributed by atoms with van der Waals surface area (Å²) in [7, 11) is -3.76. The highest BCUT2D eigenvalue weighted by Gasteiger charge is 2.13. The number of fused-ring (bicyclic) bond motifs is 1. The normalized spacial score (nSPS) is 11.5. The van der Waals surface area contributed by atoms with Crippen LogP contribution in [0.25, 0.3) is 11.0 Å². The van der Waals surface area contributed by atoms with Crippen LogP contribution >= 0.6 is 0 Å². The minimum absolute atomic E-state index is 0.0125. The van der Waals surface area contributed by atoms with E-state index in [0.717, 1.165) is 16.6 Å². The summed E-state index contributed by atoms with van der Waals surface area (Å²) >= 11 is 0. The summed E-state index contributed by atoms with van der Waals surface area (Å²) in [4.78, 5) is 30.2. The number of hydrogen-bond acceptors (Lipinski definition) is 5. The molecule has 0 aliphatic rings. The molecule has 1 aromatic heterocycles. The van der Waals surface area contributed by atoms with Gasteiger partial charge in [-0.2, -0.15) is 0 Å². The van der Waals surface area contributed by atoms with Crippen molar-refractivity contribution in [2.75, 3.05) is 0 Å². The molecule has 0 unspecified atom stereocenters. The Morgan fingerprint density at radius 3 is 2.29 bits per heavy atom. The lowest BCUT2D eigenvalue weighted by molar-refractivity contribution is -0.121. The Hall–Kier alpha value is -3.82. The van der Waals surface area contributed by atoms with Gasteiger partial charge in [0.05, 0.1) is 15.9 Å². The summed E-state index contributed by atoms with van der Waals surface area (Å²) in [6.07, 6.45) is 1.03. The van der Waals surface area contributed by atoms with Crippen molar-refractivity contribution in [1.29, 1.82) is 0 Å². The fraction of sp³-hybridized carbons (Fsp3) is 0.192. The first-order valence-corrected chi connectivity index (χ1v) is 12.8. The molecular weight excluding hydrogens is 464 g/mol. The molecule has 0 saturated heterocycles. The number of para-hydroxylation sites is 2. The molecule has 0 spiro atoms. The zero-order chi connectivity index (χ0) is 24.8. The van der Waals surface area contributed by atoms with Crippen LogP contribution < -0.4 is 16.0 Å². The van der Waals surface area contributed by atoms with E-state index in [-0.39, 0.29) is 35.7 Å². The van der Waals surface area contributed by atoms with Gasteiger partial charge in [0.2, 0.25) is 15.9 Å². The second-order valence-electron chi connectivity index (χ2n) is 8.21. The van der Waals surface area contributed by atoms with Crippen molar-refractivity contribution in [3.63, 3.8) is 0 Å². The summed E-state index contributed by atoms with van der Waals surface area (Å²) in [6.45, 7) is 0.746. The molecule has 0 fully saturated rings. The molecule has 3 N–H and O–H groups in total. The van der Waals surface area contributed by atoms with Crippen molar-refractivity contribution in [3.8, 4) is 0 Å². The predicted octanol–water partition coefficient (Wildman–Crippen LogP) is 2.54. The monoisotopic (exact) mass is 490 g/mol. The van der Waals surface area contributed by atoms with E-state index in [9.17, 15) is 18.0 Å². The predicted molar refractivity (Wildman–Crippen MR) is 134 cm³/mol. The van der Waals surface area contributed by atoms with Crippen LogP contribution in [0.15, 0.2) is 88.6 Å². The molecule has 3 aromatic carbocycles. The fourth-order valence-corrected chi connectivity index (χ4v) is 4.35. The largest absolute Gasteiger partial charge is 0.352 e. The number of primary sulfonamides is 1. The van der Waals surface area contributed by atoms with Gasteiger partial charge in [-0.15, -0.1) is 0 Å². The van der Waals surface area contributed by atoms with Crippen LogP contribution in [0.5, 0.6) is 0 Å². The lowest BCUT2D eigenvalue weighted by Gasteiger charge is -2.12. The molecule has 4 aromatic rings. The average molecular weight is 491 g/mol. The van der Waals surface area contributed by atoms with Gasteiger partial charge in [0.15, 0.2) is 0 Å². The highest BCUT2D eigenvalue weighted by molar-refractivity contribution is 7.89. The Morgan fingerprint density at radius 2 is 1.57 bits per heavy atom. The van der Waals surface area contributed by atoms with Gasteiger partial charge in [0.25, 0.3) is 5.56 Å². The molecule has 9 heteroatoms. The van der Waals surface area contributed by atoms with Crippen LogP contribution in [0.4, 0.5) is 0 Å². The second kappa shape index (κ2) is 10.6. The molecule has 0 saturated carbocycles. The highest BCUT2D eigenvalue weighted by Crippen LogP contribution is 2.13. The lowest BCUT2D eigenvalue weighted by Crippen LogP contribution is -2.29. The maximum Gasteiger partial charge on any atom is 0.272 e. The van der Waals surface area contributed by atoms with E-state index in [1.54, 1.807) is 16.7 Å². The number of sulfonamides is 1. The zero-order valence-corrected chi connectivity index (χ0v) is 19.9. The highest BCUT2D eigenvalue weighted by atomic mass is 32.2. The van der Waals surface area contributed by atoms with Gasteiger partial charge in [-0.05, 0) is 41.8 Å². The molecule has 0 atom stereocenters. The molecule has 1 heterocycles. The average Bonchev–Trinajstić information content (AvgIpc) is 2.86. The summed E-state index contributed by atoms with van der Waals surface area (Å²) in [5, 5.41) is 7.89. The Bertz CT molecular complexity index is 1500. The van der Waals surface area contributed by atoms with Crippen LogP contribution in [0.2, 0.25) is 0 Å². The van der Waals surface area contributed by atoms with E-state index in [1.165, 1.54) is 12.1 Å². The molecule has 1 amide bonds. The maximum atomic E-state index is 13.2. The van der Waals surface area contributed by atoms with Gasteiger partial charge in [-0.3, -0.25) is 9.59 Å². The van der Waals surface area contributed by atoms with Crippen molar-refractivity contribution in [2.45, 2.75) is 37.2 Å². The summed E-state index contributed by atoms with van der Waals surface area (Å²) in [5.74, 6) is -0.231. The quantitative estimate of drug-likeness (QED) is 0.373. The van der Waals surface area contributed by atoms with E-state index >= 15 is 0 Å². The number of benzene rings is 3. The molecule has 0 radical (unpaired) electrons. The number of hydrogen-bond donors (Lipinski definition) is 2. The van der Waals surface area contributed by atoms with Gasteiger partial charge in [0.1, 0.15) is 5.69 Å². The van der Waals surface area contributed by atoms with Crippen LogP contribution in [0, 0.1) is 0 Å². The van der Waals surface area contributed by atoms with E-state index in [2.05, 4.69) is 10.3 Å². The van der Waals surface area contributed by atoms with E-state index in [4.69, 9.17) is 5.14 Å². The van der Waals surface area contributed by atoms with Crippen LogP contribution in [-0.4, -0.2) is 23.9 Å². The van der Waals surface area contributed by atoms with E-state index < -0.39 is 10.0 Å². The first-order valence-electron chi connectivity index (χ1n) is 11.2. The van der Waals surface area contributed by atoms with Crippen LogP contribution in [0.3, 0.4) is 0 Å². The zero-order valence-electron chi connectivity index (χ0n) is 19.1. The molecule has 0 bridgehead atoms. The molecule has 35 heavy (non-hydrogen) atoms. The maximum absolute atomic E-state index is 13.2. The SMILES string of the molecule is NS(=O)(=O)c1ccc(CNC(=O)CCc2nc3ccccc3n(CCc3ccccc3)c2=O)cc1. The first-order chi connectivity index (χ1) is 16.8. The van der Waals surface area contributed by atoms with Crippen molar-refractivity contribution in [3.05, 3.63) is 106 Å². The Morgan fingerprint density at radius 1 is 0.886 bits per heavy atom. The first kappa shape index (κ1) is 24.3. The topological polar surface area (TPSA) is 124 Å². The second-order valence-corrected chi connectivity index (χ2v) is 9.77. The number of rotatable bonds is 9. The summed E-state index contributed by atoms with van der Waals surface area (Å²) in [6, 6.07) is 23.4. The van der Waals surface area contributed by atoms with Gasteiger partial charge in [-0.25, -0.2) is 18.5 Å². The molecule has 180 valence electrons. The smallest absolute Gasteiger partial charge is 0.272 e. The minimum Gasteiger partial charge on any atom is -0.352 e. The van der Waals surface area contributed by atoms with Gasteiger partial charge >= 0.3 is 0 Å². The molecule has 0 aliphatic carbocycles. The summed E-state index contributed by atoms with van der Waals surface area (Å²) < 4.78 is 24.4. The Balaban J connectivity index is 1.43. The molecule has 8 nitrogen and oxygen atoms in total. The fourth-order valence-electron chi connectivity index (χ4n) is 3.83. The number of aromatic nitrogens is 2. The summed E-state index contributed by atoms with van der Waals surface area (Å²) in [5.41, 5.74) is 3.52. The van der Waals surface area contributed by atoms with Crippen molar-refractivity contribution >= 4 is 27.0 Å². The molecule has 0 aliphatic heterocycles. The molecule has 4 rings (SSSR count). The van der Waals surface area contributed by atoms with Crippen LogP contribution in [0.1, 0.15) is 23.2 Å². The van der Waals surface area contributed by atoms with Crippen LogP contribution in [-0.2, 0) is 40.7 Å². The van der Waals surface area contributed by atoms with Gasteiger partial charge in [0, 0.05) is 25.9 Å². The van der Waals surface area contributed by atoms with E-state index in [1.807, 2.05) is 54.6 Å². The number of nitrogens with one attached hydrogen (secondary N) is 1. The van der Waals surface area contributed by atoms with Gasteiger partial charge in [-0.1, -0.05) is 54.6 Å². The standard InChI is InChI=1S/C26H26N4O4S/c27-35(33,34)21-12-10-20(11-13-21)18-28-25(31)15-14-23-26(32)30(17-16-19-6-2-1-3-7-19)24-9-5-4-8-22(24)29-23/h1-13H,14-18H2,(H,28,31)(H2,27,33,34). The number of carbonyl (C=O) groups is 1. The number of nitrogens with zero attached hydrogens (tertiary/aromatic N) is 2. The molecular formula is C26H26N4O4S. The van der Waals surface area contributed by atoms with Crippen molar-refractivity contribution in [1.82, 2.24) is 14.9 Å². The van der Waals surface area contributed by atoms with Crippen molar-refractivity contribution in [2.24, 2.45) is 5.14 Å². The van der Waals surface area contributed by atoms with E-state index in [0.29, 0.717) is 24.2 Å². The third-order valence-corrected chi connectivity index (χ3v) is 6.65. The number of nitrogens with two attached hydrogens (primary N) is 1. The lowest BCUT2D eigenvalue weighted by atomic mass is 10.1. The number of amides is 1. The Labute approximate surface area is 203 Å². The van der Waals surface area contributed by atoms with Gasteiger partial charge < -0.3 is 9.88 Å². The number of aryl methyl sites for hydroxylation is 3. The third-order valence-electron chi connectivity index (χ3n) is 5.72.